The number of alkyl halides is 2. The lowest BCUT2D eigenvalue weighted by atomic mass is 10.1. The maximum Gasteiger partial charge on any atom is 0.387 e. The van der Waals surface area contributed by atoms with Gasteiger partial charge in [-0.2, -0.15) is 8.78 Å². The van der Waals surface area contributed by atoms with Crippen LogP contribution < -0.4 is 10.1 Å². The molecule has 0 bridgehead atoms. The summed E-state index contributed by atoms with van der Waals surface area (Å²) in [5.41, 5.74) is 0.586. The molecule has 0 saturated carbocycles. The van der Waals surface area contributed by atoms with Gasteiger partial charge in [0, 0.05) is 23.4 Å². The van der Waals surface area contributed by atoms with Crippen molar-refractivity contribution in [2.75, 3.05) is 11.9 Å². The summed E-state index contributed by atoms with van der Waals surface area (Å²) >= 11 is 5.80. The zero-order valence-corrected chi connectivity index (χ0v) is 16.7. The second-order valence-corrected chi connectivity index (χ2v) is 6.52. The molecule has 0 radical (unpaired) electrons. The number of rotatable bonds is 8. The molecule has 1 N–H and O–H groups in total. The van der Waals surface area contributed by atoms with Crippen molar-refractivity contribution in [3.8, 4) is 17.1 Å². The van der Waals surface area contributed by atoms with Gasteiger partial charge < -0.3 is 19.2 Å². The summed E-state index contributed by atoms with van der Waals surface area (Å²) in [4.78, 5) is 34.2. The quantitative estimate of drug-likeness (QED) is 0.284. The molecule has 9 nitrogen and oxygen atoms in total. The van der Waals surface area contributed by atoms with E-state index < -0.39 is 30.0 Å². The summed E-state index contributed by atoms with van der Waals surface area (Å²) in [7, 11) is 0. The van der Waals surface area contributed by atoms with E-state index in [9.17, 15) is 28.5 Å². The van der Waals surface area contributed by atoms with Crippen LogP contribution in [0.4, 0.5) is 20.2 Å². The number of carbonyl (C=O) groups excluding carboxylic acids is 2. The number of amides is 1. The number of carbonyl (C=O) groups is 2. The number of benzene rings is 2. The lowest BCUT2D eigenvalue weighted by Gasteiger charge is -2.09. The van der Waals surface area contributed by atoms with Gasteiger partial charge in [-0.1, -0.05) is 11.6 Å². The van der Waals surface area contributed by atoms with Crippen LogP contribution in [0, 0.1) is 10.1 Å². The molecule has 1 heterocycles. The van der Waals surface area contributed by atoms with Gasteiger partial charge in [-0.3, -0.25) is 14.9 Å². The molecular formula is C20H13ClF2N2O7. The van der Waals surface area contributed by atoms with Crippen LogP contribution in [0.2, 0.25) is 5.02 Å². The average molecular weight is 467 g/mol. The van der Waals surface area contributed by atoms with Crippen molar-refractivity contribution in [3.63, 3.8) is 0 Å². The van der Waals surface area contributed by atoms with Crippen LogP contribution >= 0.6 is 11.6 Å². The topological polar surface area (TPSA) is 121 Å². The Morgan fingerprint density at radius 1 is 1.12 bits per heavy atom. The number of halogens is 3. The number of non-ortho nitro benzene ring substituents is 1. The van der Waals surface area contributed by atoms with Gasteiger partial charge in [0.25, 0.3) is 11.6 Å². The Hall–Kier alpha value is -3.99. The van der Waals surface area contributed by atoms with E-state index in [1.165, 1.54) is 48.5 Å². The fourth-order valence-electron chi connectivity index (χ4n) is 2.52. The number of nitrogens with one attached hydrogen (secondary N) is 1. The Labute approximate surface area is 183 Å². The molecule has 2 aromatic carbocycles. The van der Waals surface area contributed by atoms with Gasteiger partial charge >= 0.3 is 12.6 Å². The molecule has 0 aliphatic rings. The average Bonchev–Trinajstić information content (AvgIpc) is 3.24. The molecule has 3 rings (SSSR count). The van der Waals surface area contributed by atoms with Crippen molar-refractivity contribution in [2.24, 2.45) is 0 Å². The van der Waals surface area contributed by atoms with Gasteiger partial charge in [-0.05, 0) is 42.5 Å². The summed E-state index contributed by atoms with van der Waals surface area (Å²) in [6, 6.07) is 11.9. The maximum absolute atomic E-state index is 12.2. The van der Waals surface area contributed by atoms with E-state index in [0.717, 1.165) is 6.07 Å². The molecule has 0 spiro atoms. The highest BCUT2D eigenvalue weighted by molar-refractivity contribution is 6.32. The minimum absolute atomic E-state index is 0.0940. The van der Waals surface area contributed by atoms with E-state index in [1.807, 2.05) is 0 Å². The van der Waals surface area contributed by atoms with E-state index in [1.54, 1.807) is 0 Å². The van der Waals surface area contributed by atoms with E-state index in [-0.39, 0.29) is 33.7 Å². The summed E-state index contributed by atoms with van der Waals surface area (Å²) in [6.07, 6.45) is 0. The highest BCUT2D eigenvalue weighted by atomic mass is 35.5. The van der Waals surface area contributed by atoms with E-state index in [0.29, 0.717) is 5.56 Å². The molecule has 12 heteroatoms. The van der Waals surface area contributed by atoms with Gasteiger partial charge in [-0.15, -0.1) is 0 Å². The Balaban J connectivity index is 1.55. The Kier molecular flexibility index (Phi) is 7.00. The van der Waals surface area contributed by atoms with E-state index in [4.69, 9.17) is 20.8 Å². The van der Waals surface area contributed by atoms with Crippen molar-refractivity contribution < 1.29 is 37.2 Å². The molecule has 0 aliphatic heterocycles. The monoisotopic (exact) mass is 466 g/mol. The first-order chi connectivity index (χ1) is 15.2. The first-order valence-corrected chi connectivity index (χ1v) is 9.16. The Morgan fingerprint density at radius 3 is 2.47 bits per heavy atom. The highest BCUT2D eigenvalue weighted by Gasteiger charge is 2.17. The van der Waals surface area contributed by atoms with Crippen molar-refractivity contribution in [2.45, 2.75) is 6.61 Å². The van der Waals surface area contributed by atoms with Crippen molar-refractivity contribution >= 4 is 34.9 Å². The molecule has 166 valence electrons. The van der Waals surface area contributed by atoms with Crippen LogP contribution in [0.5, 0.6) is 5.75 Å². The Morgan fingerprint density at radius 2 is 1.84 bits per heavy atom. The summed E-state index contributed by atoms with van der Waals surface area (Å²) in [5, 5.41) is 12.9. The van der Waals surface area contributed by atoms with E-state index >= 15 is 0 Å². The molecular weight excluding hydrogens is 454 g/mol. The number of nitrogens with zero attached hydrogens (tertiary/aromatic N) is 1. The number of nitro benzene ring substituents is 1. The SMILES string of the molecule is O=C(COC(=O)c1ccc(-c2ccc([N+](=O)[O-])cc2)o1)Nc1ccc(OC(F)F)c(Cl)c1. The lowest BCUT2D eigenvalue weighted by molar-refractivity contribution is -0.384. The molecule has 0 saturated heterocycles. The van der Waals surface area contributed by atoms with Gasteiger partial charge in [-0.25, -0.2) is 4.79 Å². The van der Waals surface area contributed by atoms with Crippen molar-refractivity contribution in [1.82, 2.24) is 0 Å². The van der Waals surface area contributed by atoms with Crippen LogP contribution in [-0.4, -0.2) is 30.0 Å². The molecule has 0 aliphatic carbocycles. The lowest BCUT2D eigenvalue weighted by Crippen LogP contribution is -2.20. The normalized spacial score (nSPS) is 10.6. The second kappa shape index (κ2) is 9.88. The number of hydrogen-bond acceptors (Lipinski definition) is 7. The molecule has 0 fully saturated rings. The third kappa shape index (κ3) is 5.79. The number of ether oxygens (including phenoxy) is 2. The number of esters is 1. The first kappa shape index (κ1) is 22.7. The smallest absolute Gasteiger partial charge is 0.387 e. The van der Waals surface area contributed by atoms with Crippen molar-refractivity contribution in [3.05, 3.63) is 75.5 Å². The zero-order chi connectivity index (χ0) is 23.3. The molecule has 1 amide bonds. The highest BCUT2D eigenvalue weighted by Crippen LogP contribution is 2.29. The molecule has 32 heavy (non-hydrogen) atoms. The predicted molar refractivity (Wildman–Crippen MR) is 108 cm³/mol. The van der Waals surface area contributed by atoms with Gasteiger partial charge in [0.1, 0.15) is 11.5 Å². The summed E-state index contributed by atoms with van der Waals surface area (Å²) in [6.45, 7) is -3.70. The first-order valence-electron chi connectivity index (χ1n) is 8.79. The fraction of sp³-hybridized carbons (Fsp3) is 0.100. The molecule has 3 aromatic rings. The minimum atomic E-state index is -3.05. The number of furan rings is 1. The summed E-state index contributed by atoms with van der Waals surface area (Å²) < 4.78 is 38.9. The molecule has 1 aromatic heterocycles. The fourth-order valence-corrected chi connectivity index (χ4v) is 2.74. The third-order valence-electron chi connectivity index (χ3n) is 3.94. The van der Waals surface area contributed by atoms with Crippen LogP contribution in [0.1, 0.15) is 10.6 Å². The third-order valence-corrected chi connectivity index (χ3v) is 4.23. The minimum Gasteiger partial charge on any atom is -0.450 e. The standard InChI is InChI=1S/C20H13ClF2N2O7/c21-14-9-12(3-6-16(14)32-20(22)23)24-18(26)10-30-19(27)17-8-7-15(31-17)11-1-4-13(5-2-11)25(28)29/h1-9,20H,10H2,(H,24,26). The largest absolute Gasteiger partial charge is 0.450 e. The zero-order valence-electron chi connectivity index (χ0n) is 15.9. The predicted octanol–water partition coefficient (Wildman–Crippen LogP) is 4.91. The van der Waals surface area contributed by atoms with Gasteiger partial charge in [0.05, 0.1) is 9.95 Å². The van der Waals surface area contributed by atoms with E-state index in [2.05, 4.69) is 10.1 Å². The second-order valence-electron chi connectivity index (χ2n) is 6.12. The molecule has 0 atom stereocenters. The van der Waals surface area contributed by atoms with Crippen LogP contribution in [0.3, 0.4) is 0 Å². The van der Waals surface area contributed by atoms with Crippen molar-refractivity contribution in [1.29, 1.82) is 0 Å². The molecule has 0 unspecified atom stereocenters. The van der Waals surface area contributed by atoms with Gasteiger partial charge in [0.15, 0.2) is 6.61 Å². The maximum atomic E-state index is 12.2. The van der Waals surface area contributed by atoms with Crippen LogP contribution in [0.15, 0.2) is 59.0 Å². The number of nitro groups is 1. The van der Waals surface area contributed by atoms with Crippen LogP contribution in [-0.2, 0) is 9.53 Å². The van der Waals surface area contributed by atoms with Gasteiger partial charge in [0.2, 0.25) is 5.76 Å². The summed E-state index contributed by atoms with van der Waals surface area (Å²) in [5.74, 6) is -1.78. The number of hydrogen-bond donors (Lipinski definition) is 1. The number of anilines is 1. The van der Waals surface area contributed by atoms with Crippen LogP contribution in [0.25, 0.3) is 11.3 Å². The Bertz CT molecular complexity index is 1150.